The summed E-state index contributed by atoms with van der Waals surface area (Å²) in [6.45, 7) is 4.07. The van der Waals surface area contributed by atoms with Gasteiger partial charge in [0.25, 0.3) is 11.8 Å². The van der Waals surface area contributed by atoms with Crippen molar-refractivity contribution in [3.63, 3.8) is 0 Å². The molecule has 3 aliphatic rings. The fraction of sp³-hybridized carbons (Fsp3) is 0.500. The number of hydrogen-bond acceptors (Lipinski definition) is 6. The summed E-state index contributed by atoms with van der Waals surface area (Å²) in [6, 6.07) is 9.74. The second kappa shape index (κ2) is 9.91. The number of nitrogens with two attached hydrogens (primary N) is 1. The molecule has 8 heteroatoms. The van der Waals surface area contributed by atoms with Gasteiger partial charge in [0, 0.05) is 53.1 Å². The fourth-order valence-electron chi connectivity index (χ4n) is 5.59. The van der Waals surface area contributed by atoms with E-state index >= 15 is 0 Å². The number of primary amides is 1. The molecule has 0 unspecified atom stereocenters. The van der Waals surface area contributed by atoms with Gasteiger partial charge in [-0.05, 0) is 82.2 Å². The maximum atomic E-state index is 13.1. The van der Waals surface area contributed by atoms with Crippen molar-refractivity contribution in [1.29, 1.82) is 0 Å². The first-order valence-electron chi connectivity index (χ1n) is 13.1. The Morgan fingerprint density at radius 3 is 2.33 bits per heavy atom. The Labute approximate surface area is 212 Å². The highest BCUT2D eigenvalue weighted by atomic mass is 16.2. The van der Waals surface area contributed by atoms with Crippen LogP contribution >= 0.6 is 0 Å². The highest BCUT2D eigenvalue weighted by Gasteiger charge is 2.42. The van der Waals surface area contributed by atoms with Gasteiger partial charge < -0.3 is 21.3 Å². The Hall–Kier alpha value is -3.42. The van der Waals surface area contributed by atoms with Gasteiger partial charge >= 0.3 is 0 Å². The minimum Gasteiger partial charge on any atom is -0.382 e. The smallest absolute Gasteiger partial charge is 0.251 e. The summed E-state index contributed by atoms with van der Waals surface area (Å²) in [5.41, 5.74) is 7.74. The van der Waals surface area contributed by atoms with E-state index in [-0.39, 0.29) is 29.7 Å². The zero-order valence-electron chi connectivity index (χ0n) is 21.0. The number of piperidine rings is 1. The first-order valence-corrected chi connectivity index (χ1v) is 13.1. The largest absolute Gasteiger partial charge is 0.382 e. The van der Waals surface area contributed by atoms with E-state index in [2.05, 4.69) is 27.4 Å². The summed E-state index contributed by atoms with van der Waals surface area (Å²) < 4.78 is 0. The van der Waals surface area contributed by atoms with Crippen molar-refractivity contribution in [2.45, 2.75) is 83.0 Å². The Balaban J connectivity index is 1.24. The number of Topliss-reactive ketones (excluding diaryl/α,β-unsaturated/α-hetero) is 1. The van der Waals surface area contributed by atoms with Crippen LogP contribution in [0, 0.1) is 5.92 Å². The van der Waals surface area contributed by atoms with E-state index in [1.807, 2.05) is 19.1 Å². The van der Waals surface area contributed by atoms with Crippen molar-refractivity contribution < 1.29 is 14.4 Å². The molecular formula is C28H35N5O3. The number of hydrogen-bond donors (Lipinski definition) is 3. The van der Waals surface area contributed by atoms with E-state index in [1.54, 1.807) is 24.4 Å². The first kappa shape index (κ1) is 24.3. The van der Waals surface area contributed by atoms with Gasteiger partial charge in [-0.1, -0.05) is 6.92 Å². The van der Waals surface area contributed by atoms with Crippen molar-refractivity contribution in [2.24, 2.45) is 11.7 Å². The Morgan fingerprint density at radius 1 is 1.06 bits per heavy atom. The number of aromatic nitrogens is 1. The zero-order chi connectivity index (χ0) is 25.4. The lowest BCUT2D eigenvalue weighted by molar-refractivity contribution is 0.0924. The quantitative estimate of drug-likeness (QED) is 0.460. The van der Waals surface area contributed by atoms with Crippen LogP contribution < -0.4 is 21.3 Å². The average Bonchev–Trinajstić information content (AvgIpc) is 3.68. The normalized spacial score (nSPS) is 23.7. The Kier molecular flexibility index (Phi) is 6.69. The number of carbonyl (C=O) groups is 3. The summed E-state index contributed by atoms with van der Waals surface area (Å²) in [4.78, 5) is 44.3. The molecule has 1 aromatic carbocycles. The molecule has 4 N–H and O–H groups in total. The summed E-state index contributed by atoms with van der Waals surface area (Å²) in [5, 5.41) is 6.51. The van der Waals surface area contributed by atoms with Crippen LogP contribution in [0.3, 0.4) is 0 Å². The van der Waals surface area contributed by atoms with Crippen LogP contribution in [0.2, 0.25) is 0 Å². The number of benzene rings is 1. The number of nitrogens with zero attached hydrogens (tertiary/aromatic N) is 2. The maximum Gasteiger partial charge on any atom is 0.251 e. The lowest BCUT2D eigenvalue weighted by Crippen LogP contribution is -2.50. The Bertz CT molecular complexity index is 1150. The maximum absolute atomic E-state index is 13.1. The SMILES string of the molecule is CC[C@H](C)Nc1cc(C(=O)N[C@H]2C[C@H]3CC[C@@H](C2)N3c2ccc(C(=O)C3CC3)cn2)ccc1C(N)=O. The number of pyridine rings is 1. The number of fused-ring (bicyclic) bond motifs is 2. The molecular weight excluding hydrogens is 454 g/mol. The van der Waals surface area contributed by atoms with Gasteiger partial charge in [-0.15, -0.1) is 0 Å². The molecule has 3 heterocycles. The molecule has 2 amide bonds. The molecule has 36 heavy (non-hydrogen) atoms. The highest BCUT2D eigenvalue weighted by Crippen LogP contribution is 2.39. The van der Waals surface area contributed by atoms with Gasteiger partial charge in [0.1, 0.15) is 5.82 Å². The number of amides is 2. The molecule has 2 aliphatic heterocycles. The molecule has 2 aromatic rings. The van der Waals surface area contributed by atoms with E-state index in [4.69, 9.17) is 5.73 Å². The third-order valence-corrected chi connectivity index (χ3v) is 7.87. The Morgan fingerprint density at radius 2 is 1.75 bits per heavy atom. The van der Waals surface area contributed by atoms with E-state index in [0.29, 0.717) is 34.5 Å². The highest BCUT2D eigenvalue weighted by molar-refractivity contribution is 6.02. The number of carbonyl (C=O) groups excluding carboxylic acids is 3. The number of rotatable bonds is 9. The third-order valence-electron chi connectivity index (χ3n) is 7.87. The number of nitrogens with one attached hydrogen (secondary N) is 2. The molecule has 1 saturated carbocycles. The minimum absolute atomic E-state index is 0.0729. The van der Waals surface area contributed by atoms with Crippen molar-refractivity contribution in [1.82, 2.24) is 10.3 Å². The van der Waals surface area contributed by atoms with Crippen LogP contribution in [-0.2, 0) is 0 Å². The van der Waals surface area contributed by atoms with E-state index < -0.39 is 5.91 Å². The van der Waals surface area contributed by atoms with Crippen molar-refractivity contribution in [3.8, 4) is 0 Å². The second-order valence-corrected chi connectivity index (χ2v) is 10.6. The molecule has 2 bridgehead atoms. The second-order valence-electron chi connectivity index (χ2n) is 10.6. The van der Waals surface area contributed by atoms with Gasteiger partial charge in [0.2, 0.25) is 0 Å². The molecule has 5 rings (SSSR count). The molecule has 4 atom stereocenters. The van der Waals surface area contributed by atoms with Crippen LogP contribution in [0.5, 0.6) is 0 Å². The van der Waals surface area contributed by atoms with Crippen molar-refractivity contribution in [3.05, 3.63) is 53.2 Å². The zero-order valence-corrected chi connectivity index (χ0v) is 21.0. The van der Waals surface area contributed by atoms with Crippen LogP contribution in [-0.4, -0.2) is 46.7 Å². The fourth-order valence-corrected chi connectivity index (χ4v) is 5.59. The molecule has 1 aromatic heterocycles. The van der Waals surface area contributed by atoms with Crippen LogP contribution in [0.25, 0.3) is 0 Å². The standard InChI is InChI=1S/C28H35N5O3/c1-3-16(2)31-24-12-18(6-10-23(24)27(29)35)28(36)32-20-13-21-8-9-22(14-20)33(21)25-11-7-19(15-30-25)26(34)17-4-5-17/h6-7,10-12,15-17,20-22,31H,3-5,8-9,13-14H2,1-2H3,(H2,29,35)(H,32,36)/t16-,20-,21+,22-/m0/s1. The van der Waals surface area contributed by atoms with Gasteiger partial charge in [-0.3, -0.25) is 14.4 Å². The molecule has 3 fully saturated rings. The monoisotopic (exact) mass is 489 g/mol. The van der Waals surface area contributed by atoms with Crippen LogP contribution in [0.4, 0.5) is 11.5 Å². The van der Waals surface area contributed by atoms with Gasteiger partial charge in [0.15, 0.2) is 5.78 Å². The van der Waals surface area contributed by atoms with Crippen LogP contribution in [0.15, 0.2) is 36.5 Å². The molecule has 0 spiro atoms. The van der Waals surface area contributed by atoms with Crippen LogP contribution in [0.1, 0.15) is 89.9 Å². The molecule has 190 valence electrons. The molecule has 2 saturated heterocycles. The predicted molar refractivity (Wildman–Crippen MR) is 139 cm³/mol. The average molecular weight is 490 g/mol. The van der Waals surface area contributed by atoms with Gasteiger partial charge in [-0.2, -0.15) is 0 Å². The van der Waals surface area contributed by atoms with Gasteiger partial charge in [-0.25, -0.2) is 4.98 Å². The first-order chi connectivity index (χ1) is 17.3. The molecule has 1 aliphatic carbocycles. The van der Waals surface area contributed by atoms with Gasteiger partial charge in [0.05, 0.1) is 5.56 Å². The lowest BCUT2D eigenvalue weighted by Gasteiger charge is -2.40. The summed E-state index contributed by atoms with van der Waals surface area (Å²) in [7, 11) is 0. The molecule has 0 radical (unpaired) electrons. The topological polar surface area (TPSA) is 117 Å². The molecule has 8 nitrogen and oxygen atoms in total. The number of anilines is 2. The van der Waals surface area contributed by atoms with E-state index in [0.717, 1.165) is 50.8 Å². The summed E-state index contributed by atoms with van der Waals surface area (Å²) in [6.07, 6.45) is 8.43. The summed E-state index contributed by atoms with van der Waals surface area (Å²) in [5.74, 6) is 0.668. The van der Waals surface area contributed by atoms with Crippen molar-refractivity contribution in [2.75, 3.05) is 10.2 Å². The lowest BCUT2D eigenvalue weighted by atomic mass is 9.96. The van der Waals surface area contributed by atoms with Crippen molar-refractivity contribution >= 4 is 29.1 Å². The minimum atomic E-state index is -0.518. The predicted octanol–water partition coefficient (Wildman–Crippen LogP) is 3.91. The third kappa shape index (κ3) is 4.94. The number of ketones is 1. The van der Waals surface area contributed by atoms with E-state index in [1.165, 1.54) is 0 Å². The summed E-state index contributed by atoms with van der Waals surface area (Å²) >= 11 is 0. The van der Waals surface area contributed by atoms with E-state index in [9.17, 15) is 14.4 Å².